The van der Waals surface area contributed by atoms with Crippen LogP contribution >= 0.6 is 0 Å². The number of aromatic nitrogens is 1. The van der Waals surface area contributed by atoms with E-state index in [2.05, 4.69) is 49.7 Å². The fraction of sp³-hybridized carbons (Fsp3) is 0.222. The van der Waals surface area contributed by atoms with Crippen molar-refractivity contribution in [2.45, 2.75) is 20.3 Å². The molecule has 2 heteroatoms. The number of aryl methyl sites for hydroxylation is 2. The Bertz CT molecular complexity index is 681. The van der Waals surface area contributed by atoms with E-state index in [1.807, 2.05) is 30.3 Å². The van der Waals surface area contributed by atoms with Crippen molar-refractivity contribution in [3.8, 4) is 0 Å². The highest BCUT2D eigenvalue weighted by atomic mass is 14.9. The van der Waals surface area contributed by atoms with Crippen molar-refractivity contribution < 1.29 is 0 Å². The van der Waals surface area contributed by atoms with Gasteiger partial charge in [-0.15, -0.1) is 0 Å². The van der Waals surface area contributed by atoms with Gasteiger partial charge in [-0.05, 0) is 37.1 Å². The summed E-state index contributed by atoms with van der Waals surface area (Å²) in [5, 5.41) is 1.41. The minimum Gasteiger partial charge on any atom is -0.399 e. The lowest BCUT2D eigenvalue weighted by molar-refractivity contribution is 0.899. The minimum atomic E-state index is 0.822. The Kier molecular flexibility index (Phi) is 4.46. The first-order valence-corrected chi connectivity index (χ1v) is 6.98. The molecule has 104 valence electrons. The third-order valence-corrected chi connectivity index (χ3v) is 3.68. The lowest BCUT2D eigenvalue weighted by Gasteiger charge is -1.97. The van der Waals surface area contributed by atoms with E-state index in [0.29, 0.717) is 0 Å². The van der Waals surface area contributed by atoms with E-state index in [4.69, 9.17) is 5.73 Å². The summed E-state index contributed by atoms with van der Waals surface area (Å²) in [7, 11) is 2.14. The Morgan fingerprint density at radius 1 is 0.950 bits per heavy atom. The lowest BCUT2D eigenvalue weighted by Crippen LogP contribution is -1.91. The van der Waals surface area contributed by atoms with Crippen LogP contribution < -0.4 is 5.73 Å². The largest absolute Gasteiger partial charge is 0.399 e. The topological polar surface area (TPSA) is 30.9 Å². The molecule has 0 spiro atoms. The van der Waals surface area contributed by atoms with Gasteiger partial charge in [0, 0.05) is 29.3 Å². The van der Waals surface area contributed by atoms with Crippen molar-refractivity contribution in [2.24, 2.45) is 7.05 Å². The maximum absolute atomic E-state index is 5.36. The molecule has 20 heavy (non-hydrogen) atoms. The Hall–Kier alpha value is -2.22. The van der Waals surface area contributed by atoms with Crippen LogP contribution in [-0.4, -0.2) is 4.57 Å². The maximum Gasteiger partial charge on any atom is 0.0482 e. The predicted molar refractivity (Wildman–Crippen MR) is 87.9 cm³/mol. The number of benzene rings is 2. The third kappa shape index (κ3) is 2.85. The van der Waals surface area contributed by atoms with Gasteiger partial charge in [-0.1, -0.05) is 43.3 Å². The molecule has 3 aromatic rings. The zero-order chi connectivity index (χ0) is 14.5. The molecule has 0 aliphatic heterocycles. The Labute approximate surface area is 120 Å². The van der Waals surface area contributed by atoms with Crippen LogP contribution in [0, 0.1) is 6.92 Å². The first-order chi connectivity index (χ1) is 9.65. The fourth-order valence-electron chi connectivity index (χ4n) is 2.50. The summed E-state index contributed by atoms with van der Waals surface area (Å²) in [6.07, 6.45) is 1.12. The van der Waals surface area contributed by atoms with Gasteiger partial charge in [0.25, 0.3) is 0 Å². The molecule has 2 N–H and O–H groups in total. The highest BCUT2D eigenvalue weighted by molar-refractivity contribution is 5.85. The summed E-state index contributed by atoms with van der Waals surface area (Å²) in [6, 6.07) is 18.1. The van der Waals surface area contributed by atoms with Crippen molar-refractivity contribution in [3.63, 3.8) is 0 Å². The summed E-state index contributed by atoms with van der Waals surface area (Å²) in [5.74, 6) is 0. The smallest absolute Gasteiger partial charge is 0.0482 e. The Balaban J connectivity index is 0.000000178. The average molecular weight is 266 g/mol. The molecular formula is C18H22N2. The molecule has 3 rings (SSSR count). The average Bonchev–Trinajstić information content (AvgIpc) is 2.73. The van der Waals surface area contributed by atoms with E-state index in [1.165, 1.54) is 22.2 Å². The van der Waals surface area contributed by atoms with Crippen molar-refractivity contribution in [3.05, 3.63) is 65.9 Å². The van der Waals surface area contributed by atoms with Crippen LogP contribution in [-0.2, 0) is 13.5 Å². The van der Waals surface area contributed by atoms with Gasteiger partial charge in [-0.2, -0.15) is 0 Å². The highest BCUT2D eigenvalue weighted by Gasteiger charge is 2.08. The van der Waals surface area contributed by atoms with Crippen molar-refractivity contribution >= 4 is 16.6 Å². The van der Waals surface area contributed by atoms with Crippen LogP contribution in [0.1, 0.15) is 18.2 Å². The zero-order valence-corrected chi connectivity index (χ0v) is 12.4. The summed E-state index contributed by atoms with van der Waals surface area (Å²) in [4.78, 5) is 0. The van der Waals surface area contributed by atoms with Crippen LogP contribution in [0.4, 0.5) is 5.69 Å². The second-order valence-corrected chi connectivity index (χ2v) is 4.90. The van der Waals surface area contributed by atoms with Gasteiger partial charge in [-0.25, -0.2) is 0 Å². The monoisotopic (exact) mass is 266 g/mol. The second kappa shape index (κ2) is 6.29. The number of para-hydroxylation sites is 2. The number of nitrogen functional groups attached to an aromatic ring is 1. The molecule has 0 radical (unpaired) electrons. The van der Waals surface area contributed by atoms with Gasteiger partial charge in [0.1, 0.15) is 0 Å². The molecule has 0 atom stereocenters. The fourth-order valence-corrected chi connectivity index (χ4v) is 2.50. The normalized spacial score (nSPS) is 10.2. The molecule has 0 fully saturated rings. The van der Waals surface area contributed by atoms with Gasteiger partial charge < -0.3 is 10.3 Å². The molecule has 2 aromatic carbocycles. The van der Waals surface area contributed by atoms with Gasteiger partial charge in [0.2, 0.25) is 0 Å². The summed E-state index contributed by atoms with van der Waals surface area (Å²) < 4.78 is 2.27. The minimum absolute atomic E-state index is 0.822. The number of nitrogens with two attached hydrogens (primary N) is 1. The van der Waals surface area contributed by atoms with Gasteiger partial charge in [0.05, 0.1) is 0 Å². The molecule has 0 unspecified atom stereocenters. The number of anilines is 1. The Morgan fingerprint density at radius 3 is 2.10 bits per heavy atom. The zero-order valence-electron chi connectivity index (χ0n) is 12.4. The lowest BCUT2D eigenvalue weighted by atomic mass is 10.1. The van der Waals surface area contributed by atoms with Crippen LogP contribution in [0.15, 0.2) is 54.6 Å². The molecule has 0 saturated carbocycles. The quantitative estimate of drug-likeness (QED) is 0.653. The number of nitrogens with zero attached hydrogens (tertiary/aromatic N) is 1. The summed E-state index contributed by atoms with van der Waals surface area (Å²) in [6.45, 7) is 4.41. The molecule has 0 amide bonds. The standard InChI is InChI=1S/C12H15N.C6H7N/c1-4-10-9(2)13(3)12-8-6-5-7-11(10)12;7-6-4-2-1-3-5-6/h5-8H,4H2,1-3H3;1-5H,7H2. The van der Waals surface area contributed by atoms with Crippen LogP contribution in [0.25, 0.3) is 10.9 Å². The predicted octanol–water partition coefficient (Wildman–Crippen LogP) is 4.32. The first kappa shape index (κ1) is 14.2. The number of hydrogen-bond acceptors (Lipinski definition) is 1. The molecule has 2 nitrogen and oxygen atoms in total. The SMILES string of the molecule is CCc1c(C)n(C)c2ccccc12.Nc1ccccc1. The molecule has 0 aliphatic rings. The second-order valence-electron chi connectivity index (χ2n) is 4.90. The third-order valence-electron chi connectivity index (χ3n) is 3.68. The van der Waals surface area contributed by atoms with Crippen molar-refractivity contribution in [1.29, 1.82) is 0 Å². The molecule has 1 heterocycles. The van der Waals surface area contributed by atoms with E-state index in [9.17, 15) is 0 Å². The van der Waals surface area contributed by atoms with Crippen molar-refractivity contribution in [2.75, 3.05) is 5.73 Å². The molecule has 1 aromatic heterocycles. The van der Waals surface area contributed by atoms with Crippen LogP contribution in [0.5, 0.6) is 0 Å². The first-order valence-electron chi connectivity index (χ1n) is 6.98. The molecule has 0 saturated heterocycles. The van der Waals surface area contributed by atoms with E-state index >= 15 is 0 Å². The van der Waals surface area contributed by atoms with E-state index < -0.39 is 0 Å². The van der Waals surface area contributed by atoms with Crippen LogP contribution in [0.2, 0.25) is 0 Å². The van der Waals surface area contributed by atoms with E-state index in [-0.39, 0.29) is 0 Å². The van der Waals surface area contributed by atoms with Gasteiger partial charge >= 0.3 is 0 Å². The Morgan fingerprint density at radius 2 is 1.55 bits per heavy atom. The van der Waals surface area contributed by atoms with E-state index in [0.717, 1.165) is 12.1 Å². The number of hydrogen-bond donors (Lipinski definition) is 1. The van der Waals surface area contributed by atoms with Gasteiger partial charge in [-0.3, -0.25) is 0 Å². The van der Waals surface area contributed by atoms with Crippen LogP contribution in [0.3, 0.4) is 0 Å². The summed E-state index contributed by atoms with van der Waals surface area (Å²) >= 11 is 0. The van der Waals surface area contributed by atoms with Crippen molar-refractivity contribution in [1.82, 2.24) is 4.57 Å². The van der Waals surface area contributed by atoms with E-state index in [1.54, 1.807) is 0 Å². The molecular weight excluding hydrogens is 244 g/mol. The highest BCUT2D eigenvalue weighted by Crippen LogP contribution is 2.24. The van der Waals surface area contributed by atoms with Gasteiger partial charge in [0.15, 0.2) is 0 Å². The maximum atomic E-state index is 5.36. The number of fused-ring (bicyclic) bond motifs is 1. The molecule has 0 aliphatic carbocycles. The molecule has 0 bridgehead atoms. The number of rotatable bonds is 1. The summed E-state index contributed by atoms with van der Waals surface area (Å²) in [5.41, 5.74) is 10.4.